The Bertz CT molecular complexity index is 910. The van der Waals surface area contributed by atoms with E-state index in [2.05, 4.69) is 29.4 Å². The SMILES string of the molecule is CC[C@@H](C)c1ccc(NC(=O)CSc2nnc(C[C@H]3CCS(=O)(=O)C3)o2)cc1. The molecule has 152 valence electrons. The van der Waals surface area contributed by atoms with E-state index in [1.807, 2.05) is 24.3 Å². The number of amides is 1. The normalized spacial score (nSPS) is 19.4. The number of nitrogens with one attached hydrogen (secondary N) is 1. The molecule has 2 heterocycles. The summed E-state index contributed by atoms with van der Waals surface area (Å²) >= 11 is 1.17. The Morgan fingerprint density at radius 1 is 1.32 bits per heavy atom. The number of hydrogen-bond donors (Lipinski definition) is 1. The number of rotatable bonds is 8. The first-order valence-electron chi connectivity index (χ1n) is 9.40. The quantitative estimate of drug-likeness (QED) is 0.650. The molecular weight excluding hydrogens is 398 g/mol. The van der Waals surface area contributed by atoms with E-state index >= 15 is 0 Å². The maximum Gasteiger partial charge on any atom is 0.277 e. The molecule has 1 N–H and O–H groups in total. The molecule has 2 aromatic rings. The van der Waals surface area contributed by atoms with E-state index in [-0.39, 0.29) is 29.1 Å². The zero-order chi connectivity index (χ0) is 20.1. The van der Waals surface area contributed by atoms with E-state index in [0.717, 1.165) is 12.1 Å². The van der Waals surface area contributed by atoms with Gasteiger partial charge in [-0.05, 0) is 42.4 Å². The largest absolute Gasteiger partial charge is 0.416 e. The molecule has 0 aliphatic carbocycles. The van der Waals surface area contributed by atoms with Crippen LogP contribution in [0.1, 0.15) is 44.1 Å². The van der Waals surface area contributed by atoms with Crippen molar-refractivity contribution in [3.63, 3.8) is 0 Å². The van der Waals surface area contributed by atoms with Gasteiger partial charge in [0.15, 0.2) is 9.84 Å². The Labute approximate surface area is 169 Å². The van der Waals surface area contributed by atoms with E-state index in [9.17, 15) is 13.2 Å². The lowest BCUT2D eigenvalue weighted by molar-refractivity contribution is -0.113. The van der Waals surface area contributed by atoms with Crippen LogP contribution >= 0.6 is 11.8 Å². The van der Waals surface area contributed by atoms with Crippen LogP contribution in [-0.4, -0.2) is 41.8 Å². The molecule has 1 aliphatic rings. The van der Waals surface area contributed by atoms with Crippen molar-refractivity contribution in [2.75, 3.05) is 22.6 Å². The zero-order valence-corrected chi connectivity index (χ0v) is 17.7. The predicted molar refractivity (Wildman–Crippen MR) is 109 cm³/mol. The standard InChI is InChI=1S/C19H25N3O4S2/c1-3-13(2)15-4-6-16(7-5-15)20-17(23)11-27-19-22-21-18(26-19)10-14-8-9-28(24,25)12-14/h4-7,13-14H,3,8-12H2,1-2H3,(H,20,23)/t13-,14-/m1/s1. The minimum atomic E-state index is -2.92. The third-order valence-electron chi connectivity index (χ3n) is 4.94. The molecular formula is C19H25N3O4S2. The highest BCUT2D eigenvalue weighted by Gasteiger charge is 2.29. The van der Waals surface area contributed by atoms with Crippen molar-refractivity contribution in [3.05, 3.63) is 35.7 Å². The van der Waals surface area contributed by atoms with E-state index in [1.165, 1.54) is 17.3 Å². The average molecular weight is 424 g/mol. The number of aromatic nitrogens is 2. The molecule has 3 rings (SSSR count). The van der Waals surface area contributed by atoms with Gasteiger partial charge in [0.05, 0.1) is 17.3 Å². The minimum absolute atomic E-state index is 0.0324. The summed E-state index contributed by atoms with van der Waals surface area (Å²) in [5.74, 6) is 1.36. The highest BCUT2D eigenvalue weighted by atomic mass is 32.2. The molecule has 0 saturated carbocycles. The molecule has 1 aliphatic heterocycles. The van der Waals surface area contributed by atoms with Gasteiger partial charge in [-0.25, -0.2) is 8.42 Å². The van der Waals surface area contributed by atoms with Gasteiger partial charge in [0, 0.05) is 12.1 Å². The number of thioether (sulfide) groups is 1. The van der Waals surface area contributed by atoms with Crippen LogP contribution in [-0.2, 0) is 21.1 Å². The number of benzene rings is 1. The van der Waals surface area contributed by atoms with Gasteiger partial charge in [0.1, 0.15) is 0 Å². The molecule has 1 fully saturated rings. The predicted octanol–water partition coefficient (Wildman–Crippen LogP) is 3.29. The molecule has 1 aromatic carbocycles. The summed E-state index contributed by atoms with van der Waals surface area (Å²) in [6, 6.07) is 7.88. The van der Waals surface area contributed by atoms with Crippen LogP contribution in [0.2, 0.25) is 0 Å². The number of carbonyl (C=O) groups is 1. The fourth-order valence-corrected chi connectivity index (χ4v) is 5.56. The monoisotopic (exact) mass is 423 g/mol. The van der Waals surface area contributed by atoms with Gasteiger partial charge in [-0.1, -0.05) is 37.7 Å². The Morgan fingerprint density at radius 2 is 2.07 bits per heavy atom. The lowest BCUT2D eigenvalue weighted by Gasteiger charge is -2.10. The fourth-order valence-electron chi connectivity index (χ4n) is 3.11. The first kappa shape index (κ1) is 20.9. The zero-order valence-electron chi connectivity index (χ0n) is 16.1. The topological polar surface area (TPSA) is 102 Å². The third kappa shape index (κ3) is 5.81. The summed E-state index contributed by atoms with van der Waals surface area (Å²) < 4.78 is 28.6. The second-order valence-electron chi connectivity index (χ2n) is 7.20. The number of anilines is 1. The van der Waals surface area contributed by atoms with Crippen molar-refractivity contribution in [1.29, 1.82) is 0 Å². The molecule has 28 heavy (non-hydrogen) atoms. The minimum Gasteiger partial charge on any atom is -0.416 e. The summed E-state index contributed by atoms with van der Waals surface area (Å²) in [5, 5.41) is 11.1. The van der Waals surface area contributed by atoms with Crippen LogP contribution in [0.15, 0.2) is 33.9 Å². The molecule has 0 bridgehead atoms. The van der Waals surface area contributed by atoms with Gasteiger partial charge in [0.2, 0.25) is 11.8 Å². The first-order chi connectivity index (χ1) is 13.3. The van der Waals surface area contributed by atoms with Gasteiger partial charge in [-0.2, -0.15) is 0 Å². The Balaban J connectivity index is 1.45. The Morgan fingerprint density at radius 3 is 2.71 bits per heavy atom. The van der Waals surface area contributed by atoms with Crippen molar-refractivity contribution in [1.82, 2.24) is 10.2 Å². The summed E-state index contributed by atoms with van der Waals surface area (Å²) in [4.78, 5) is 12.1. The van der Waals surface area contributed by atoms with E-state index in [1.54, 1.807) is 0 Å². The van der Waals surface area contributed by atoms with Crippen LogP contribution in [0.4, 0.5) is 5.69 Å². The number of sulfone groups is 1. The molecule has 9 heteroatoms. The van der Waals surface area contributed by atoms with E-state index in [0.29, 0.717) is 29.9 Å². The van der Waals surface area contributed by atoms with Crippen LogP contribution in [0.3, 0.4) is 0 Å². The molecule has 7 nitrogen and oxygen atoms in total. The van der Waals surface area contributed by atoms with Gasteiger partial charge in [-0.15, -0.1) is 10.2 Å². The van der Waals surface area contributed by atoms with Crippen LogP contribution in [0.25, 0.3) is 0 Å². The summed E-state index contributed by atoms with van der Waals surface area (Å²) in [7, 11) is -2.92. The van der Waals surface area contributed by atoms with Crippen molar-refractivity contribution in [2.45, 2.75) is 44.3 Å². The maximum absolute atomic E-state index is 12.1. The number of carbonyl (C=O) groups excluding carboxylic acids is 1. The summed E-state index contributed by atoms with van der Waals surface area (Å²) in [5.41, 5.74) is 2.01. The third-order valence-corrected chi connectivity index (χ3v) is 7.60. The van der Waals surface area contributed by atoms with Crippen molar-refractivity contribution in [3.8, 4) is 0 Å². The molecule has 0 radical (unpaired) electrons. The first-order valence-corrected chi connectivity index (χ1v) is 12.2. The van der Waals surface area contributed by atoms with Crippen molar-refractivity contribution < 1.29 is 17.6 Å². The fraction of sp³-hybridized carbons (Fsp3) is 0.526. The molecule has 0 unspecified atom stereocenters. The second kappa shape index (κ2) is 9.09. The van der Waals surface area contributed by atoms with E-state index in [4.69, 9.17) is 4.42 Å². The van der Waals surface area contributed by atoms with Crippen LogP contribution in [0.5, 0.6) is 0 Å². The summed E-state index contributed by atoms with van der Waals surface area (Å²) in [6.07, 6.45) is 2.16. The number of hydrogen-bond acceptors (Lipinski definition) is 7. The lowest BCUT2D eigenvalue weighted by Crippen LogP contribution is -2.14. The average Bonchev–Trinajstić information content (AvgIpc) is 3.25. The lowest BCUT2D eigenvalue weighted by atomic mass is 9.99. The highest BCUT2D eigenvalue weighted by Crippen LogP contribution is 2.24. The Kier molecular flexibility index (Phi) is 6.77. The van der Waals surface area contributed by atoms with Gasteiger partial charge < -0.3 is 9.73 Å². The maximum atomic E-state index is 12.1. The second-order valence-corrected chi connectivity index (χ2v) is 10.4. The molecule has 1 amide bonds. The van der Waals surface area contributed by atoms with Crippen molar-refractivity contribution >= 4 is 33.2 Å². The van der Waals surface area contributed by atoms with Crippen molar-refractivity contribution in [2.24, 2.45) is 5.92 Å². The smallest absolute Gasteiger partial charge is 0.277 e. The van der Waals surface area contributed by atoms with Gasteiger partial charge in [0.25, 0.3) is 5.22 Å². The van der Waals surface area contributed by atoms with Gasteiger partial charge >= 0.3 is 0 Å². The number of nitrogens with zero attached hydrogens (tertiary/aromatic N) is 2. The molecule has 2 atom stereocenters. The molecule has 0 spiro atoms. The molecule has 1 aromatic heterocycles. The van der Waals surface area contributed by atoms with E-state index < -0.39 is 9.84 Å². The van der Waals surface area contributed by atoms with Crippen LogP contribution in [0, 0.1) is 5.92 Å². The van der Waals surface area contributed by atoms with Crippen LogP contribution < -0.4 is 5.32 Å². The highest BCUT2D eigenvalue weighted by molar-refractivity contribution is 7.99. The molecule has 1 saturated heterocycles. The summed E-state index contributed by atoms with van der Waals surface area (Å²) in [6.45, 7) is 4.32. The Hall–Kier alpha value is -1.87. The van der Waals surface area contributed by atoms with Gasteiger partial charge in [-0.3, -0.25) is 4.79 Å².